The van der Waals surface area contributed by atoms with Gasteiger partial charge in [0.15, 0.2) is 5.65 Å². The molecular formula is C11H16N6. The van der Waals surface area contributed by atoms with E-state index in [9.17, 15) is 0 Å². The number of nitrogens with two attached hydrogens (primary N) is 1. The number of aromatic nitrogens is 3. The van der Waals surface area contributed by atoms with Crippen LogP contribution in [0.4, 0.5) is 11.6 Å². The van der Waals surface area contributed by atoms with Crippen LogP contribution in [0.1, 0.15) is 6.42 Å². The van der Waals surface area contributed by atoms with Gasteiger partial charge in [0, 0.05) is 37.6 Å². The minimum Gasteiger partial charge on any atom is -0.370 e. The molecule has 0 unspecified atom stereocenters. The fourth-order valence-electron chi connectivity index (χ4n) is 2.19. The van der Waals surface area contributed by atoms with Crippen LogP contribution in [0.5, 0.6) is 0 Å². The maximum atomic E-state index is 5.58. The van der Waals surface area contributed by atoms with Crippen molar-refractivity contribution in [3.05, 3.63) is 18.3 Å². The molecule has 0 aliphatic carbocycles. The van der Waals surface area contributed by atoms with Crippen LogP contribution in [0.25, 0.3) is 5.65 Å². The first-order valence-electron chi connectivity index (χ1n) is 5.90. The molecule has 90 valence electrons. The Hall–Kier alpha value is -1.82. The molecular weight excluding hydrogens is 216 g/mol. The minimum absolute atomic E-state index is 0.319. The van der Waals surface area contributed by atoms with Gasteiger partial charge >= 0.3 is 0 Å². The van der Waals surface area contributed by atoms with Gasteiger partial charge in [-0.2, -0.15) is 4.98 Å². The lowest BCUT2D eigenvalue weighted by molar-refractivity contribution is 0.724. The van der Waals surface area contributed by atoms with E-state index < -0.39 is 0 Å². The molecule has 0 aromatic carbocycles. The predicted molar refractivity (Wildman–Crippen MR) is 67.1 cm³/mol. The zero-order valence-electron chi connectivity index (χ0n) is 9.63. The van der Waals surface area contributed by atoms with Gasteiger partial charge in [-0.15, -0.1) is 5.10 Å². The number of nitrogen functional groups attached to an aromatic ring is 1. The lowest BCUT2D eigenvalue weighted by Gasteiger charge is -2.21. The molecule has 17 heavy (non-hydrogen) atoms. The van der Waals surface area contributed by atoms with Crippen molar-refractivity contribution < 1.29 is 0 Å². The number of nitrogens with zero attached hydrogens (tertiary/aromatic N) is 4. The van der Waals surface area contributed by atoms with Crippen LogP contribution < -0.4 is 16.0 Å². The highest BCUT2D eigenvalue weighted by Gasteiger charge is 2.10. The summed E-state index contributed by atoms with van der Waals surface area (Å²) < 4.78 is 1.70. The molecule has 1 aliphatic heterocycles. The van der Waals surface area contributed by atoms with E-state index in [0.717, 1.165) is 31.8 Å². The lowest BCUT2D eigenvalue weighted by atomic mass is 10.3. The highest BCUT2D eigenvalue weighted by Crippen LogP contribution is 2.17. The second-order valence-corrected chi connectivity index (χ2v) is 4.25. The SMILES string of the molecule is Nc1nc2cc(N3CCCNCC3)ccn2n1. The summed E-state index contributed by atoms with van der Waals surface area (Å²) in [5, 5.41) is 7.46. The van der Waals surface area contributed by atoms with E-state index in [4.69, 9.17) is 5.73 Å². The van der Waals surface area contributed by atoms with Gasteiger partial charge in [-0.3, -0.25) is 0 Å². The Kier molecular flexibility index (Phi) is 2.56. The molecule has 1 saturated heterocycles. The molecule has 1 aliphatic rings. The molecule has 1 fully saturated rings. The first-order chi connectivity index (χ1) is 8.33. The monoisotopic (exact) mass is 232 g/mol. The smallest absolute Gasteiger partial charge is 0.240 e. The number of fused-ring (bicyclic) bond motifs is 1. The fraction of sp³-hybridized carbons (Fsp3) is 0.455. The first kappa shape index (κ1) is 10.3. The number of anilines is 2. The highest BCUT2D eigenvalue weighted by molar-refractivity contribution is 5.57. The molecule has 0 atom stereocenters. The van der Waals surface area contributed by atoms with Gasteiger partial charge in [0.25, 0.3) is 0 Å². The van der Waals surface area contributed by atoms with Crippen molar-refractivity contribution in [2.75, 3.05) is 36.8 Å². The summed E-state index contributed by atoms with van der Waals surface area (Å²) in [6.45, 7) is 4.23. The van der Waals surface area contributed by atoms with Crippen molar-refractivity contribution >= 4 is 17.3 Å². The van der Waals surface area contributed by atoms with E-state index in [1.54, 1.807) is 4.52 Å². The Morgan fingerprint density at radius 2 is 2.24 bits per heavy atom. The molecule has 3 heterocycles. The summed E-state index contributed by atoms with van der Waals surface area (Å²) in [4.78, 5) is 6.55. The van der Waals surface area contributed by atoms with Gasteiger partial charge in [-0.1, -0.05) is 0 Å². The van der Waals surface area contributed by atoms with Crippen LogP contribution in [0, 0.1) is 0 Å². The predicted octanol–water partition coefficient (Wildman–Crippen LogP) is 0.111. The summed E-state index contributed by atoms with van der Waals surface area (Å²) in [6.07, 6.45) is 3.08. The van der Waals surface area contributed by atoms with Gasteiger partial charge in [-0.05, 0) is 19.0 Å². The topological polar surface area (TPSA) is 71.5 Å². The average Bonchev–Trinajstić information content (AvgIpc) is 2.53. The largest absolute Gasteiger partial charge is 0.370 e. The van der Waals surface area contributed by atoms with E-state index >= 15 is 0 Å². The van der Waals surface area contributed by atoms with Gasteiger partial charge < -0.3 is 16.0 Å². The van der Waals surface area contributed by atoms with Gasteiger partial charge in [-0.25, -0.2) is 4.52 Å². The van der Waals surface area contributed by atoms with Crippen molar-refractivity contribution in [1.82, 2.24) is 19.9 Å². The zero-order valence-corrected chi connectivity index (χ0v) is 9.63. The molecule has 0 saturated carbocycles. The molecule has 6 nitrogen and oxygen atoms in total. The highest BCUT2D eigenvalue weighted by atomic mass is 15.3. The first-order valence-corrected chi connectivity index (χ1v) is 5.90. The second kappa shape index (κ2) is 4.21. The van der Waals surface area contributed by atoms with E-state index in [1.165, 1.54) is 12.1 Å². The standard InChI is InChI=1S/C11H16N6/c12-11-14-10-8-9(2-6-17(10)15-11)16-5-1-3-13-4-7-16/h2,6,8,13H,1,3-5,7H2,(H2,12,15). The molecule has 0 amide bonds. The molecule has 0 radical (unpaired) electrons. The van der Waals surface area contributed by atoms with Crippen molar-refractivity contribution in [1.29, 1.82) is 0 Å². The summed E-state index contributed by atoms with van der Waals surface area (Å²) in [5.41, 5.74) is 7.57. The van der Waals surface area contributed by atoms with Crippen LogP contribution in [0.15, 0.2) is 18.3 Å². The molecule has 2 aromatic heterocycles. The third-order valence-electron chi connectivity index (χ3n) is 3.04. The quantitative estimate of drug-likeness (QED) is 0.730. The Morgan fingerprint density at radius 3 is 3.18 bits per heavy atom. The average molecular weight is 232 g/mol. The maximum absolute atomic E-state index is 5.58. The van der Waals surface area contributed by atoms with Crippen LogP contribution in [-0.2, 0) is 0 Å². The molecule has 0 bridgehead atoms. The van der Waals surface area contributed by atoms with E-state index in [2.05, 4.69) is 26.4 Å². The van der Waals surface area contributed by atoms with E-state index in [1.807, 2.05) is 12.3 Å². The third-order valence-corrected chi connectivity index (χ3v) is 3.04. The second-order valence-electron chi connectivity index (χ2n) is 4.25. The summed E-state index contributed by atoms with van der Waals surface area (Å²) >= 11 is 0. The number of hydrogen-bond acceptors (Lipinski definition) is 5. The van der Waals surface area contributed by atoms with E-state index in [0.29, 0.717) is 5.95 Å². The van der Waals surface area contributed by atoms with Crippen LogP contribution in [-0.4, -0.2) is 40.8 Å². The number of hydrogen-bond donors (Lipinski definition) is 2. The fourth-order valence-corrected chi connectivity index (χ4v) is 2.19. The van der Waals surface area contributed by atoms with Crippen LogP contribution >= 0.6 is 0 Å². The molecule has 6 heteroatoms. The van der Waals surface area contributed by atoms with Gasteiger partial charge in [0.05, 0.1) is 0 Å². The maximum Gasteiger partial charge on any atom is 0.240 e. The Bertz CT molecular complexity index is 512. The lowest BCUT2D eigenvalue weighted by Crippen LogP contribution is -2.27. The molecule has 2 aromatic rings. The van der Waals surface area contributed by atoms with Crippen molar-refractivity contribution in [2.24, 2.45) is 0 Å². The van der Waals surface area contributed by atoms with Crippen molar-refractivity contribution in [2.45, 2.75) is 6.42 Å². The van der Waals surface area contributed by atoms with E-state index in [-0.39, 0.29) is 0 Å². The Balaban J connectivity index is 1.93. The minimum atomic E-state index is 0.319. The number of pyridine rings is 1. The third kappa shape index (κ3) is 2.03. The van der Waals surface area contributed by atoms with Gasteiger partial charge in [0.1, 0.15) is 0 Å². The van der Waals surface area contributed by atoms with Gasteiger partial charge in [0.2, 0.25) is 5.95 Å². The normalized spacial score (nSPS) is 17.3. The summed E-state index contributed by atoms with van der Waals surface area (Å²) in [5.74, 6) is 0.319. The van der Waals surface area contributed by atoms with Crippen molar-refractivity contribution in [3.8, 4) is 0 Å². The molecule has 3 N–H and O–H groups in total. The van der Waals surface area contributed by atoms with Crippen molar-refractivity contribution in [3.63, 3.8) is 0 Å². The number of rotatable bonds is 1. The number of nitrogens with one attached hydrogen (secondary N) is 1. The Labute approximate surface area is 99.4 Å². The van der Waals surface area contributed by atoms with Crippen LogP contribution in [0.2, 0.25) is 0 Å². The zero-order chi connectivity index (χ0) is 11.7. The summed E-state index contributed by atoms with van der Waals surface area (Å²) in [7, 11) is 0. The summed E-state index contributed by atoms with van der Waals surface area (Å²) in [6, 6.07) is 4.10. The molecule has 0 spiro atoms. The molecule has 3 rings (SSSR count). The van der Waals surface area contributed by atoms with Crippen LogP contribution in [0.3, 0.4) is 0 Å². The Morgan fingerprint density at radius 1 is 1.29 bits per heavy atom.